The summed E-state index contributed by atoms with van der Waals surface area (Å²) in [5.41, 5.74) is 0. The van der Waals surface area contributed by atoms with E-state index in [-0.39, 0.29) is 55.7 Å². The van der Waals surface area contributed by atoms with E-state index < -0.39 is 0 Å². The zero-order valence-corrected chi connectivity index (χ0v) is 5.00. The topological polar surface area (TPSA) is 126 Å². The van der Waals surface area contributed by atoms with Crippen molar-refractivity contribution in [3.05, 3.63) is 0 Å². The van der Waals surface area contributed by atoms with E-state index >= 15 is 0 Å². The maximum Gasteiger partial charge on any atom is 1.00 e. The van der Waals surface area contributed by atoms with Crippen molar-refractivity contribution in [3.8, 4) is 0 Å². The summed E-state index contributed by atoms with van der Waals surface area (Å²) in [7, 11) is 0. The van der Waals surface area contributed by atoms with E-state index in [9.17, 15) is 0 Å². The first-order valence-electron chi connectivity index (χ1n) is 0. The van der Waals surface area contributed by atoms with Gasteiger partial charge in [0, 0.05) is 0 Å². The Labute approximate surface area is 56.2 Å². The van der Waals surface area contributed by atoms with Crippen LogP contribution in [0.2, 0.25) is 0 Å². The van der Waals surface area contributed by atoms with E-state index in [4.69, 9.17) is 0 Å². The van der Waals surface area contributed by atoms with E-state index in [0.29, 0.717) is 0 Å². The second-order valence-electron chi connectivity index (χ2n) is 0. The molecule has 8 N–H and O–H groups in total. The minimum absolute atomic E-state index is 0. The van der Waals surface area contributed by atoms with Crippen molar-refractivity contribution in [2.75, 3.05) is 0 Å². The first kappa shape index (κ1) is 194. The third kappa shape index (κ3) is 55.3. The summed E-state index contributed by atoms with van der Waals surface area (Å²) < 4.78 is 0. The average molecular weight is 98.1 g/mol. The van der Waals surface area contributed by atoms with E-state index in [1.165, 1.54) is 0 Å². The van der Waals surface area contributed by atoms with Gasteiger partial charge in [-0.15, -0.1) is 0 Å². The molecule has 0 spiro atoms. The zero-order valence-electron chi connectivity index (χ0n) is 6.00. The molecular formula is H11NaO4+2. The Bertz CT molecular complexity index is 11.2. The van der Waals surface area contributed by atoms with Crippen LogP contribution in [0.3, 0.4) is 0 Å². The quantitative estimate of drug-likeness (QED) is 0.267. The molecule has 0 saturated heterocycles. The van der Waals surface area contributed by atoms with Gasteiger partial charge in [0.1, 0.15) is 0 Å². The van der Waals surface area contributed by atoms with E-state index in [0.717, 1.165) is 0 Å². The molecule has 0 aromatic carbocycles. The normalized spacial score (nSPS) is 0. The first-order chi connectivity index (χ1) is 0. The molecule has 0 aliphatic carbocycles. The maximum atomic E-state index is 0. The monoisotopic (exact) mass is 98.1 g/mol. The van der Waals surface area contributed by atoms with Gasteiger partial charge in [-0.3, -0.25) is 0 Å². The minimum atomic E-state index is 0. The van der Waals surface area contributed by atoms with Crippen molar-refractivity contribution in [2.45, 2.75) is 0 Å². The van der Waals surface area contributed by atoms with Crippen molar-refractivity contribution >= 4 is 0 Å². The second-order valence-corrected chi connectivity index (χ2v) is 0. The summed E-state index contributed by atoms with van der Waals surface area (Å²) in [6.07, 6.45) is 0. The van der Waals surface area contributed by atoms with Gasteiger partial charge >= 0.3 is 32.4 Å². The summed E-state index contributed by atoms with van der Waals surface area (Å²) >= 11 is 0. The van der Waals surface area contributed by atoms with Crippen molar-refractivity contribution < 1.29 is 55.7 Å². The van der Waals surface area contributed by atoms with Crippen molar-refractivity contribution in [1.82, 2.24) is 0 Å². The molecule has 0 amide bonds. The minimum Gasteiger partial charge on any atom is -1.00 e. The molecule has 4 nitrogen and oxygen atoms in total. The number of rotatable bonds is 0. The van der Waals surface area contributed by atoms with Crippen molar-refractivity contribution in [1.29, 1.82) is 0 Å². The van der Waals surface area contributed by atoms with Gasteiger partial charge in [0.05, 0.1) is 0 Å². The first-order valence-corrected chi connectivity index (χ1v) is 0. The smallest absolute Gasteiger partial charge is 1.00 e. The van der Waals surface area contributed by atoms with Crippen LogP contribution in [-0.2, 0) is 0 Å². The molecule has 0 fully saturated rings. The van der Waals surface area contributed by atoms with Gasteiger partial charge in [0.25, 0.3) is 0 Å². The molecule has 0 atom stereocenters. The van der Waals surface area contributed by atoms with Crippen LogP contribution in [0.4, 0.5) is 0 Å². The van der Waals surface area contributed by atoms with Crippen molar-refractivity contribution in [2.24, 2.45) is 0 Å². The van der Waals surface area contributed by atoms with Crippen LogP contribution in [0.25, 0.3) is 0 Å². The predicted molar refractivity (Wildman–Crippen MR) is 17.8 cm³/mol. The molecule has 0 saturated carbocycles. The molecule has 0 heterocycles. The molecule has 0 aliphatic rings. The Hall–Kier alpha value is 0.840. The number of hydrogen-bond donors (Lipinski definition) is 0. The van der Waals surface area contributed by atoms with Crippen molar-refractivity contribution in [3.63, 3.8) is 0 Å². The molecular weight excluding hydrogens is 87.0 g/mol. The van der Waals surface area contributed by atoms with Gasteiger partial charge in [-0.05, 0) is 0 Å². The van der Waals surface area contributed by atoms with Gasteiger partial charge in [0.2, 0.25) is 0 Å². The van der Waals surface area contributed by atoms with Crippen LogP contribution >= 0.6 is 0 Å². The van der Waals surface area contributed by atoms with Gasteiger partial charge in [-0.25, -0.2) is 0 Å². The molecule has 0 radical (unpaired) electrons. The van der Waals surface area contributed by atoms with Crippen LogP contribution in [0.1, 0.15) is 4.28 Å². The molecule has 0 unspecified atom stereocenters. The van der Waals surface area contributed by atoms with E-state index in [1.807, 2.05) is 0 Å². The SMILES string of the molecule is O.O.O.O.[H+].[H+].[H-].[Na+]. The summed E-state index contributed by atoms with van der Waals surface area (Å²) in [5.74, 6) is 0. The Balaban J connectivity index is 0. The van der Waals surface area contributed by atoms with Crippen LogP contribution in [0, 0.1) is 0 Å². The van der Waals surface area contributed by atoms with Gasteiger partial charge in [-0.1, -0.05) is 0 Å². The van der Waals surface area contributed by atoms with Crippen LogP contribution in [-0.4, -0.2) is 21.9 Å². The third-order valence-corrected chi connectivity index (χ3v) is 0. The fraction of sp³-hybridized carbons (Fsp3) is 0. The predicted octanol–water partition coefficient (Wildman–Crippen LogP) is -5.96. The molecule has 0 aromatic rings. The maximum absolute atomic E-state index is 0. The van der Waals surface area contributed by atoms with Gasteiger partial charge in [0.15, 0.2) is 0 Å². The summed E-state index contributed by atoms with van der Waals surface area (Å²) in [6.45, 7) is 0. The Morgan fingerprint density at radius 1 is 0.800 bits per heavy atom. The average Bonchev–Trinajstić information content (AvgIpc) is 0. The van der Waals surface area contributed by atoms with E-state index in [2.05, 4.69) is 0 Å². The summed E-state index contributed by atoms with van der Waals surface area (Å²) in [4.78, 5) is 0. The fourth-order valence-electron chi connectivity index (χ4n) is 0. The van der Waals surface area contributed by atoms with Crippen LogP contribution in [0.5, 0.6) is 0 Å². The Kier molecular flexibility index (Phi) is 3920. The summed E-state index contributed by atoms with van der Waals surface area (Å²) in [6, 6.07) is 0. The fourth-order valence-corrected chi connectivity index (χ4v) is 0. The standard InChI is InChI=1S/Na.4H2O.H/h;4*1H2;/q+1;;;;;-1/p+2. The molecule has 0 rings (SSSR count). The molecule has 34 valence electrons. The Morgan fingerprint density at radius 2 is 0.800 bits per heavy atom. The van der Waals surface area contributed by atoms with Crippen LogP contribution < -0.4 is 29.6 Å². The number of hydrogen-bond acceptors (Lipinski definition) is 0. The zero-order chi connectivity index (χ0) is 0. The third-order valence-electron chi connectivity index (χ3n) is 0. The molecule has 0 bridgehead atoms. The van der Waals surface area contributed by atoms with Gasteiger partial charge < -0.3 is 23.3 Å². The molecule has 5 heavy (non-hydrogen) atoms. The molecule has 0 aromatic heterocycles. The van der Waals surface area contributed by atoms with E-state index in [1.54, 1.807) is 0 Å². The van der Waals surface area contributed by atoms with Gasteiger partial charge in [-0.2, -0.15) is 0 Å². The molecule has 5 heteroatoms. The Morgan fingerprint density at radius 3 is 0.800 bits per heavy atom. The van der Waals surface area contributed by atoms with Crippen LogP contribution in [0.15, 0.2) is 0 Å². The molecule has 0 aliphatic heterocycles. The summed E-state index contributed by atoms with van der Waals surface area (Å²) in [5, 5.41) is 0. The largest absolute Gasteiger partial charge is 1.00 e. The second kappa shape index (κ2) is 101.